The molecule has 1 aliphatic rings. The zero-order valence-corrected chi connectivity index (χ0v) is 16.8. The molecule has 0 radical (unpaired) electrons. The first-order valence-electron chi connectivity index (χ1n) is 9.49. The zero-order chi connectivity index (χ0) is 20.3. The molecule has 3 N–H and O–H groups in total. The molecule has 1 atom stereocenters. The van der Waals surface area contributed by atoms with E-state index in [2.05, 4.69) is 10.6 Å². The van der Waals surface area contributed by atoms with Crippen LogP contribution in [0.25, 0.3) is 0 Å². The fourth-order valence-electron chi connectivity index (χ4n) is 3.53. The lowest BCUT2D eigenvalue weighted by Gasteiger charge is -2.26. The van der Waals surface area contributed by atoms with Gasteiger partial charge in [-0.05, 0) is 43.4 Å². The molecule has 2 amide bonds. The molecule has 7 heteroatoms. The molecule has 0 bridgehead atoms. The summed E-state index contributed by atoms with van der Waals surface area (Å²) in [6.07, 6.45) is 2.52. The summed E-state index contributed by atoms with van der Waals surface area (Å²) in [6, 6.07) is 8.81. The van der Waals surface area contributed by atoms with Crippen molar-refractivity contribution in [2.24, 2.45) is 0 Å². The van der Waals surface area contributed by atoms with Gasteiger partial charge in [0, 0.05) is 30.1 Å². The normalized spacial score (nSPS) is 20.4. The minimum absolute atomic E-state index is 0.00735. The van der Waals surface area contributed by atoms with Gasteiger partial charge in [-0.3, -0.25) is 9.59 Å². The Balaban J connectivity index is 1.87. The second kappa shape index (κ2) is 8.80. The minimum Gasteiger partial charge on any atom is -0.454 e. The second-order valence-corrected chi connectivity index (χ2v) is 7.66. The first-order chi connectivity index (χ1) is 13.4. The van der Waals surface area contributed by atoms with Gasteiger partial charge in [0.1, 0.15) is 5.76 Å². The Morgan fingerprint density at radius 2 is 1.79 bits per heavy atom. The molecule has 1 fully saturated rings. The van der Waals surface area contributed by atoms with Crippen molar-refractivity contribution in [1.29, 1.82) is 0 Å². The van der Waals surface area contributed by atoms with Gasteiger partial charge in [-0.1, -0.05) is 30.7 Å². The van der Waals surface area contributed by atoms with E-state index in [0.717, 1.165) is 18.4 Å². The number of halogens is 1. The van der Waals surface area contributed by atoms with Crippen LogP contribution in [-0.2, 0) is 0 Å². The third kappa shape index (κ3) is 4.56. The van der Waals surface area contributed by atoms with Gasteiger partial charge in [0.25, 0.3) is 11.8 Å². The van der Waals surface area contributed by atoms with Gasteiger partial charge < -0.3 is 20.2 Å². The van der Waals surface area contributed by atoms with Crippen molar-refractivity contribution in [2.45, 2.75) is 50.7 Å². The van der Waals surface area contributed by atoms with Crippen molar-refractivity contribution in [3.63, 3.8) is 0 Å². The highest BCUT2D eigenvalue weighted by Gasteiger charge is 2.28. The smallest absolute Gasteiger partial charge is 0.286 e. The molecule has 0 spiro atoms. The molecular weight excluding hydrogens is 380 g/mol. The number of benzene rings is 1. The Bertz CT molecular complexity index is 839. The summed E-state index contributed by atoms with van der Waals surface area (Å²) >= 11 is 5.97. The first-order valence-corrected chi connectivity index (χ1v) is 9.87. The van der Waals surface area contributed by atoms with Crippen LogP contribution < -0.4 is 10.6 Å². The topological polar surface area (TPSA) is 91.6 Å². The van der Waals surface area contributed by atoms with Crippen LogP contribution in [0.4, 0.5) is 0 Å². The van der Waals surface area contributed by atoms with Crippen molar-refractivity contribution < 1.29 is 19.1 Å². The number of carbonyl (C=O) groups excluding carboxylic acids is 2. The maximum absolute atomic E-state index is 12.9. The largest absolute Gasteiger partial charge is 0.454 e. The Hall–Kier alpha value is -2.31. The molecule has 150 valence electrons. The van der Waals surface area contributed by atoms with E-state index >= 15 is 0 Å². The highest BCUT2D eigenvalue weighted by Crippen LogP contribution is 2.31. The SMILES string of the molecule is CNC(=O)c1cc(C(=O)NC2CCC(O)CC2)c(C(C)c2ccc(Cl)cc2)o1. The van der Waals surface area contributed by atoms with Crippen molar-refractivity contribution in [3.05, 3.63) is 58.0 Å². The maximum Gasteiger partial charge on any atom is 0.286 e. The van der Waals surface area contributed by atoms with E-state index in [4.69, 9.17) is 16.0 Å². The maximum atomic E-state index is 12.9. The predicted molar refractivity (Wildman–Crippen MR) is 107 cm³/mol. The van der Waals surface area contributed by atoms with Crippen LogP contribution in [-0.4, -0.2) is 36.1 Å². The standard InChI is InChI=1S/C21H25ClN2O4/c1-12(13-3-5-14(22)6-4-13)19-17(11-18(28-19)21(27)23-2)20(26)24-15-7-9-16(25)10-8-15/h3-6,11-12,15-16,25H,7-10H2,1-2H3,(H,23,27)(H,24,26). The minimum atomic E-state index is -0.385. The first kappa shape index (κ1) is 20.4. The molecule has 0 aliphatic heterocycles. The molecule has 1 saturated carbocycles. The van der Waals surface area contributed by atoms with Gasteiger partial charge in [0.15, 0.2) is 5.76 Å². The Kier molecular flexibility index (Phi) is 6.42. The summed E-state index contributed by atoms with van der Waals surface area (Å²) in [5.74, 6) is -0.345. The van der Waals surface area contributed by atoms with Gasteiger partial charge in [0.05, 0.1) is 11.7 Å². The molecule has 28 heavy (non-hydrogen) atoms. The van der Waals surface area contributed by atoms with Crippen LogP contribution in [0.5, 0.6) is 0 Å². The summed E-state index contributed by atoms with van der Waals surface area (Å²) in [7, 11) is 1.51. The number of aliphatic hydroxyl groups is 1. The number of nitrogens with one attached hydrogen (secondary N) is 2. The van der Waals surface area contributed by atoms with Crippen LogP contribution >= 0.6 is 11.6 Å². The Labute approximate surface area is 169 Å². The quantitative estimate of drug-likeness (QED) is 0.711. The number of hydrogen-bond acceptors (Lipinski definition) is 4. The molecule has 6 nitrogen and oxygen atoms in total. The number of amides is 2. The number of aliphatic hydroxyl groups excluding tert-OH is 1. The van der Waals surface area contributed by atoms with Crippen LogP contribution in [0.1, 0.15) is 70.8 Å². The van der Waals surface area contributed by atoms with E-state index in [-0.39, 0.29) is 35.6 Å². The van der Waals surface area contributed by atoms with Gasteiger partial charge >= 0.3 is 0 Å². The fraction of sp³-hybridized carbons (Fsp3) is 0.429. The number of furan rings is 1. The molecule has 1 aromatic carbocycles. The Morgan fingerprint density at radius 1 is 1.14 bits per heavy atom. The average molecular weight is 405 g/mol. The lowest BCUT2D eigenvalue weighted by Crippen LogP contribution is -2.38. The summed E-state index contributed by atoms with van der Waals surface area (Å²) in [5.41, 5.74) is 1.28. The van der Waals surface area contributed by atoms with Crippen molar-refractivity contribution in [3.8, 4) is 0 Å². The summed E-state index contributed by atoms with van der Waals surface area (Å²) in [6.45, 7) is 1.92. The summed E-state index contributed by atoms with van der Waals surface area (Å²) in [5, 5.41) is 15.8. The van der Waals surface area contributed by atoms with E-state index in [1.807, 2.05) is 19.1 Å². The van der Waals surface area contributed by atoms with Gasteiger partial charge in [-0.2, -0.15) is 0 Å². The van der Waals surface area contributed by atoms with E-state index < -0.39 is 0 Å². The highest BCUT2D eigenvalue weighted by molar-refractivity contribution is 6.30. The van der Waals surface area contributed by atoms with Gasteiger partial charge in [-0.15, -0.1) is 0 Å². The number of carbonyl (C=O) groups is 2. The fourth-order valence-corrected chi connectivity index (χ4v) is 3.65. The number of hydrogen-bond donors (Lipinski definition) is 3. The van der Waals surface area contributed by atoms with E-state index in [0.29, 0.717) is 29.2 Å². The van der Waals surface area contributed by atoms with Crippen molar-refractivity contribution >= 4 is 23.4 Å². The Morgan fingerprint density at radius 3 is 2.39 bits per heavy atom. The van der Waals surface area contributed by atoms with Crippen molar-refractivity contribution in [2.75, 3.05) is 7.05 Å². The number of rotatable bonds is 5. The molecule has 2 aromatic rings. The second-order valence-electron chi connectivity index (χ2n) is 7.22. The monoisotopic (exact) mass is 404 g/mol. The predicted octanol–water partition coefficient (Wildman–Crippen LogP) is 3.48. The van der Waals surface area contributed by atoms with Crippen LogP contribution in [0.15, 0.2) is 34.7 Å². The van der Waals surface area contributed by atoms with E-state index in [9.17, 15) is 14.7 Å². The molecular formula is C21H25ClN2O4. The third-order valence-corrected chi connectivity index (χ3v) is 5.50. The molecule has 1 aliphatic carbocycles. The van der Waals surface area contributed by atoms with E-state index in [1.54, 1.807) is 12.1 Å². The van der Waals surface area contributed by atoms with Crippen LogP contribution in [0, 0.1) is 0 Å². The molecule has 1 heterocycles. The molecule has 1 aromatic heterocycles. The van der Waals surface area contributed by atoms with E-state index in [1.165, 1.54) is 13.1 Å². The van der Waals surface area contributed by atoms with Gasteiger partial charge in [0.2, 0.25) is 0 Å². The summed E-state index contributed by atoms with van der Waals surface area (Å²) < 4.78 is 5.80. The van der Waals surface area contributed by atoms with Gasteiger partial charge in [-0.25, -0.2) is 0 Å². The average Bonchev–Trinajstić information content (AvgIpc) is 3.15. The molecule has 3 rings (SSSR count). The third-order valence-electron chi connectivity index (χ3n) is 5.25. The lowest BCUT2D eigenvalue weighted by atomic mass is 9.92. The molecule has 0 saturated heterocycles. The van der Waals surface area contributed by atoms with Crippen molar-refractivity contribution in [1.82, 2.24) is 10.6 Å². The molecule has 1 unspecified atom stereocenters. The summed E-state index contributed by atoms with van der Waals surface area (Å²) in [4.78, 5) is 25.0. The highest BCUT2D eigenvalue weighted by atomic mass is 35.5. The lowest BCUT2D eigenvalue weighted by molar-refractivity contribution is 0.0864. The zero-order valence-electron chi connectivity index (χ0n) is 16.0. The van der Waals surface area contributed by atoms with Crippen LogP contribution in [0.3, 0.4) is 0 Å². The van der Waals surface area contributed by atoms with Crippen LogP contribution in [0.2, 0.25) is 5.02 Å².